The Morgan fingerprint density at radius 3 is 2.47 bits per heavy atom. The van der Waals surface area contributed by atoms with Crippen molar-refractivity contribution >= 4 is 22.4 Å². The van der Waals surface area contributed by atoms with Crippen LogP contribution in [0.5, 0.6) is 11.5 Å². The van der Waals surface area contributed by atoms with Crippen molar-refractivity contribution in [2.45, 2.75) is 6.42 Å². The molecule has 0 aliphatic heterocycles. The molecule has 0 aliphatic carbocycles. The highest BCUT2D eigenvalue weighted by molar-refractivity contribution is 6.18. The summed E-state index contributed by atoms with van der Waals surface area (Å²) in [4.78, 5) is 4.21. The number of aryl methyl sites for hydroxylation is 1. The van der Waals surface area contributed by atoms with E-state index >= 15 is 0 Å². The van der Waals surface area contributed by atoms with Crippen molar-refractivity contribution in [3.63, 3.8) is 0 Å². The monoisotopic (exact) mass is 251 g/mol. The van der Waals surface area contributed by atoms with Crippen molar-refractivity contribution in [2.24, 2.45) is 0 Å². The average Bonchev–Trinajstić information content (AvgIpc) is 2.38. The van der Waals surface area contributed by atoms with E-state index in [-0.39, 0.29) is 0 Å². The van der Waals surface area contributed by atoms with Gasteiger partial charge in [-0.3, -0.25) is 4.98 Å². The van der Waals surface area contributed by atoms with Crippen LogP contribution >= 0.6 is 11.6 Å². The fraction of sp³-hybridized carbons (Fsp3) is 0.308. The molecule has 0 atom stereocenters. The van der Waals surface area contributed by atoms with Gasteiger partial charge in [0.2, 0.25) is 0 Å². The van der Waals surface area contributed by atoms with Gasteiger partial charge in [-0.2, -0.15) is 0 Å². The SMILES string of the molecule is COc1cc2cncc(CCCl)c2cc1OC. The smallest absolute Gasteiger partial charge is 0.161 e. The summed E-state index contributed by atoms with van der Waals surface area (Å²) in [6, 6.07) is 3.90. The van der Waals surface area contributed by atoms with Crippen molar-refractivity contribution in [1.82, 2.24) is 4.98 Å². The highest BCUT2D eigenvalue weighted by atomic mass is 35.5. The molecule has 0 saturated heterocycles. The largest absolute Gasteiger partial charge is 0.493 e. The molecule has 2 aromatic rings. The summed E-state index contributed by atoms with van der Waals surface area (Å²) in [5.41, 5.74) is 1.12. The van der Waals surface area contributed by atoms with E-state index in [4.69, 9.17) is 21.1 Å². The molecule has 4 heteroatoms. The normalized spacial score (nSPS) is 10.5. The lowest BCUT2D eigenvalue weighted by molar-refractivity contribution is 0.356. The Kier molecular flexibility index (Phi) is 3.69. The van der Waals surface area contributed by atoms with Gasteiger partial charge in [0.1, 0.15) is 0 Å². The van der Waals surface area contributed by atoms with E-state index in [9.17, 15) is 0 Å². The second-order valence-corrected chi connectivity index (χ2v) is 4.04. The number of methoxy groups -OCH3 is 2. The van der Waals surface area contributed by atoms with Gasteiger partial charge in [-0.05, 0) is 29.5 Å². The topological polar surface area (TPSA) is 31.4 Å². The molecule has 1 heterocycles. The zero-order valence-electron chi connectivity index (χ0n) is 9.87. The Hall–Kier alpha value is -1.48. The molecular weight excluding hydrogens is 238 g/mol. The van der Waals surface area contributed by atoms with Crippen LogP contribution in [0, 0.1) is 0 Å². The molecule has 0 unspecified atom stereocenters. The van der Waals surface area contributed by atoms with E-state index in [1.165, 1.54) is 0 Å². The van der Waals surface area contributed by atoms with Crippen LogP contribution in [0.1, 0.15) is 5.56 Å². The van der Waals surface area contributed by atoms with Crippen LogP contribution in [0.15, 0.2) is 24.5 Å². The van der Waals surface area contributed by atoms with Crippen molar-refractivity contribution in [3.8, 4) is 11.5 Å². The lowest BCUT2D eigenvalue weighted by Gasteiger charge is -2.11. The summed E-state index contributed by atoms with van der Waals surface area (Å²) in [6.07, 6.45) is 4.45. The number of alkyl halides is 1. The van der Waals surface area contributed by atoms with Gasteiger partial charge in [-0.1, -0.05) is 0 Å². The average molecular weight is 252 g/mol. The molecule has 1 aromatic heterocycles. The molecular formula is C13H14ClNO2. The minimum atomic E-state index is 0.579. The van der Waals surface area contributed by atoms with Gasteiger partial charge in [0.05, 0.1) is 14.2 Å². The molecule has 0 amide bonds. The maximum Gasteiger partial charge on any atom is 0.161 e. The summed E-state index contributed by atoms with van der Waals surface area (Å²) in [6.45, 7) is 0. The number of rotatable bonds is 4. The van der Waals surface area contributed by atoms with Gasteiger partial charge in [0.15, 0.2) is 11.5 Å². The molecule has 0 aliphatic rings. The van der Waals surface area contributed by atoms with Crippen LogP contribution in [-0.2, 0) is 6.42 Å². The second kappa shape index (κ2) is 5.23. The number of halogens is 1. The minimum Gasteiger partial charge on any atom is -0.493 e. The first-order valence-electron chi connectivity index (χ1n) is 5.34. The Morgan fingerprint density at radius 1 is 1.12 bits per heavy atom. The van der Waals surface area contributed by atoms with E-state index in [0.717, 1.165) is 28.5 Å². The molecule has 0 bridgehead atoms. The van der Waals surface area contributed by atoms with Gasteiger partial charge >= 0.3 is 0 Å². The summed E-state index contributed by atoms with van der Waals surface area (Å²) in [7, 11) is 3.26. The molecule has 0 fully saturated rings. The molecule has 0 radical (unpaired) electrons. The van der Waals surface area contributed by atoms with E-state index in [0.29, 0.717) is 11.6 Å². The molecule has 3 nitrogen and oxygen atoms in total. The fourth-order valence-corrected chi connectivity index (χ4v) is 2.06. The zero-order valence-corrected chi connectivity index (χ0v) is 10.6. The number of pyridine rings is 1. The Labute approximate surface area is 105 Å². The lowest BCUT2D eigenvalue weighted by atomic mass is 10.1. The van der Waals surface area contributed by atoms with Crippen molar-refractivity contribution in [2.75, 3.05) is 20.1 Å². The van der Waals surface area contributed by atoms with E-state index in [1.807, 2.05) is 24.5 Å². The van der Waals surface area contributed by atoms with Crippen LogP contribution in [0.25, 0.3) is 10.8 Å². The van der Waals surface area contributed by atoms with Gasteiger partial charge in [0.25, 0.3) is 0 Å². The number of benzene rings is 1. The summed E-state index contributed by atoms with van der Waals surface area (Å²) in [5.74, 6) is 2.02. The molecule has 1 aromatic carbocycles. The third-order valence-electron chi connectivity index (χ3n) is 2.71. The summed E-state index contributed by atoms with van der Waals surface area (Å²) in [5, 5.41) is 2.14. The maximum absolute atomic E-state index is 5.78. The highest BCUT2D eigenvalue weighted by Crippen LogP contribution is 2.33. The van der Waals surface area contributed by atoms with Crippen LogP contribution in [-0.4, -0.2) is 25.1 Å². The van der Waals surface area contributed by atoms with Crippen molar-refractivity contribution in [3.05, 3.63) is 30.1 Å². The molecule has 0 N–H and O–H groups in total. The highest BCUT2D eigenvalue weighted by Gasteiger charge is 2.08. The van der Waals surface area contributed by atoms with Gasteiger partial charge in [-0.25, -0.2) is 0 Å². The van der Waals surface area contributed by atoms with Crippen LogP contribution in [0.3, 0.4) is 0 Å². The molecule has 17 heavy (non-hydrogen) atoms. The quantitative estimate of drug-likeness (QED) is 0.783. The first kappa shape index (κ1) is 12.0. The van der Waals surface area contributed by atoms with Gasteiger partial charge in [0, 0.05) is 23.7 Å². The molecule has 0 saturated carbocycles. The number of hydrogen-bond donors (Lipinski definition) is 0. The zero-order chi connectivity index (χ0) is 12.3. The van der Waals surface area contributed by atoms with E-state index in [1.54, 1.807) is 14.2 Å². The second-order valence-electron chi connectivity index (χ2n) is 3.67. The van der Waals surface area contributed by atoms with Crippen LogP contribution in [0.2, 0.25) is 0 Å². The predicted molar refractivity (Wildman–Crippen MR) is 69.3 cm³/mol. The maximum atomic E-state index is 5.78. The van der Waals surface area contributed by atoms with Crippen molar-refractivity contribution < 1.29 is 9.47 Å². The van der Waals surface area contributed by atoms with Crippen molar-refractivity contribution in [1.29, 1.82) is 0 Å². The molecule has 90 valence electrons. The molecule has 2 rings (SSSR count). The first-order valence-corrected chi connectivity index (χ1v) is 5.88. The third kappa shape index (κ3) is 2.29. The van der Waals surface area contributed by atoms with E-state index in [2.05, 4.69) is 4.98 Å². The predicted octanol–water partition coefficient (Wildman–Crippen LogP) is 3.03. The number of fused-ring (bicyclic) bond motifs is 1. The number of hydrogen-bond acceptors (Lipinski definition) is 3. The first-order chi connectivity index (χ1) is 8.30. The Bertz CT molecular complexity index is 528. The number of ether oxygens (including phenoxy) is 2. The Balaban J connectivity index is 2.64. The number of nitrogens with zero attached hydrogens (tertiary/aromatic N) is 1. The third-order valence-corrected chi connectivity index (χ3v) is 2.90. The van der Waals surface area contributed by atoms with Gasteiger partial charge < -0.3 is 9.47 Å². The fourth-order valence-electron chi connectivity index (χ4n) is 1.86. The standard InChI is InChI=1S/C13H14ClNO2/c1-16-12-5-10-8-15-7-9(3-4-14)11(10)6-13(12)17-2/h5-8H,3-4H2,1-2H3. The van der Waals surface area contributed by atoms with E-state index < -0.39 is 0 Å². The summed E-state index contributed by atoms with van der Waals surface area (Å²) < 4.78 is 10.6. The van der Waals surface area contributed by atoms with Gasteiger partial charge in [-0.15, -0.1) is 11.6 Å². The Morgan fingerprint density at radius 2 is 1.82 bits per heavy atom. The lowest BCUT2D eigenvalue weighted by Crippen LogP contribution is -1.94. The van der Waals surface area contributed by atoms with Crippen LogP contribution < -0.4 is 9.47 Å². The summed E-state index contributed by atoms with van der Waals surface area (Å²) >= 11 is 5.78. The molecule has 0 spiro atoms. The van der Waals surface area contributed by atoms with Crippen LogP contribution in [0.4, 0.5) is 0 Å². The number of aromatic nitrogens is 1. The minimum absolute atomic E-state index is 0.579.